The van der Waals surface area contributed by atoms with Crippen LogP contribution >= 0.6 is 0 Å². The van der Waals surface area contributed by atoms with Crippen LogP contribution in [0.15, 0.2) is 40.9 Å². The Morgan fingerprint density at radius 2 is 1.90 bits per heavy atom. The molecule has 42 heavy (non-hydrogen) atoms. The van der Waals surface area contributed by atoms with E-state index >= 15 is 0 Å². The Bertz CT molecular complexity index is 1120. The van der Waals surface area contributed by atoms with E-state index in [0.717, 1.165) is 50.0 Å². The minimum atomic E-state index is -0.489. The summed E-state index contributed by atoms with van der Waals surface area (Å²) in [4.78, 5) is 40.1. The van der Waals surface area contributed by atoms with Crippen LogP contribution in [0.4, 0.5) is 0 Å². The molecule has 10 heteroatoms. The van der Waals surface area contributed by atoms with Crippen molar-refractivity contribution in [1.82, 2.24) is 5.32 Å². The zero-order valence-electron chi connectivity index (χ0n) is 25.5. The van der Waals surface area contributed by atoms with Crippen LogP contribution in [0.2, 0.25) is 0 Å². The smallest absolute Gasteiger partial charge is 0.303 e. The van der Waals surface area contributed by atoms with Gasteiger partial charge in [0.15, 0.2) is 0 Å². The molecule has 0 unspecified atom stereocenters. The van der Waals surface area contributed by atoms with Gasteiger partial charge in [0.1, 0.15) is 6.10 Å². The second-order valence-electron chi connectivity index (χ2n) is 12.5. The van der Waals surface area contributed by atoms with Gasteiger partial charge in [0.05, 0.1) is 48.8 Å². The number of carbonyl (C=O) groups is 3. The molecular formula is C32H47N3O7. The van der Waals surface area contributed by atoms with Gasteiger partial charge < -0.3 is 30.0 Å². The monoisotopic (exact) mass is 585 g/mol. The lowest BCUT2D eigenvalue weighted by Crippen LogP contribution is -2.51. The van der Waals surface area contributed by atoms with Crippen molar-refractivity contribution in [2.45, 2.75) is 128 Å². The number of aliphatic imine (C=N–C) groups is 1. The van der Waals surface area contributed by atoms with Gasteiger partial charge in [-0.1, -0.05) is 30.7 Å². The average molecular weight is 586 g/mol. The number of carbonyl (C=O) groups excluding carboxylic acids is 3. The predicted molar refractivity (Wildman–Crippen MR) is 159 cm³/mol. The minimum absolute atomic E-state index is 0.0131. The zero-order chi connectivity index (χ0) is 30.4. The van der Waals surface area contributed by atoms with Gasteiger partial charge >= 0.3 is 5.97 Å². The molecule has 4 aliphatic rings. The molecule has 0 aromatic rings. The molecule has 0 aromatic heterocycles. The van der Waals surface area contributed by atoms with E-state index in [9.17, 15) is 14.4 Å². The first-order chi connectivity index (χ1) is 19.9. The van der Waals surface area contributed by atoms with E-state index in [1.807, 2.05) is 6.92 Å². The lowest BCUT2D eigenvalue weighted by atomic mass is 9.87. The van der Waals surface area contributed by atoms with Gasteiger partial charge in [0, 0.05) is 37.9 Å². The molecule has 10 nitrogen and oxygen atoms in total. The molecule has 1 spiro atoms. The number of esters is 1. The van der Waals surface area contributed by atoms with Gasteiger partial charge in [-0.2, -0.15) is 0 Å². The molecule has 1 aliphatic carbocycles. The Labute approximate surface area is 249 Å². The number of ether oxygens (including phenoxy) is 4. The van der Waals surface area contributed by atoms with Crippen molar-refractivity contribution in [3.05, 3.63) is 36.0 Å². The average Bonchev–Trinajstić information content (AvgIpc) is 3.63. The van der Waals surface area contributed by atoms with Crippen LogP contribution in [-0.2, 0) is 33.3 Å². The van der Waals surface area contributed by atoms with E-state index in [4.69, 9.17) is 24.7 Å². The molecule has 7 atom stereocenters. The Morgan fingerprint density at radius 1 is 1.17 bits per heavy atom. The number of nitrogens with one attached hydrogen (secondary N) is 1. The van der Waals surface area contributed by atoms with Crippen molar-refractivity contribution in [2.24, 2.45) is 16.6 Å². The van der Waals surface area contributed by atoms with Crippen molar-refractivity contribution in [2.75, 3.05) is 6.61 Å². The molecule has 0 aromatic carbocycles. The van der Waals surface area contributed by atoms with E-state index in [-0.39, 0.29) is 59.8 Å². The summed E-state index contributed by atoms with van der Waals surface area (Å²) in [6.45, 7) is 9.82. The molecule has 4 fully saturated rings. The quantitative estimate of drug-likeness (QED) is 0.172. The van der Waals surface area contributed by atoms with Crippen molar-refractivity contribution >= 4 is 23.5 Å². The topological polar surface area (TPSA) is 142 Å². The maximum Gasteiger partial charge on any atom is 0.303 e. The molecule has 0 radical (unpaired) electrons. The molecule has 1 saturated carbocycles. The highest BCUT2D eigenvalue weighted by Crippen LogP contribution is 2.43. The summed E-state index contributed by atoms with van der Waals surface area (Å²) in [6.07, 6.45) is 13.1. The van der Waals surface area contributed by atoms with E-state index in [1.54, 1.807) is 6.92 Å². The fraction of sp³-hybridized carbons (Fsp3) is 0.688. The lowest BCUT2D eigenvalue weighted by molar-refractivity contribution is -0.143. The van der Waals surface area contributed by atoms with Gasteiger partial charge in [0.25, 0.3) is 5.91 Å². The van der Waals surface area contributed by atoms with E-state index < -0.39 is 12.1 Å². The maximum absolute atomic E-state index is 12.5. The fourth-order valence-corrected chi connectivity index (χ4v) is 5.91. The highest BCUT2D eigenvalue weighted by Gasteiger charge is 2.51. The van der Waals surface area contributed by atoms with Gasteiger partial charge in [-0.3, -0.25) is 14.4 Å². The molecule has 3 N–H and O–H groups in total. The number of allylic oxidation sites excluding steroid dienone is 2. The fourth-order valence-electron chi connectivity index (χ4n) is 5.91. The summed E-state index contributed by atoms with van der Waals surface area (Å²) >= 11 is 0. The molecular weight excluding hydrogens is 538 g/mol. The van der Waals surface area contributed by atoms with Gasteiger partial charge in [-0.05, 0) is 58.4 Å². The van der Waals surface area contributed by atoms with Crippen LogP contribution in [0, 0.1) is 5.92 Å². The Morgan fingerprint density at radius 3 is 2.57 bits per heavy atom. The third-order valence-electron chi connectivity index (χ3n) is 8.42. The van der Waals surface area contributed by atoms with E-state index in [2.05, 4.69) is 42.4 Å². The summed E-state index contributed by atoms with van der Waals surface area (Å²) in [7, 11) is 0. The SMILES string of the molecule is CC(=O)O[C@@H](C)/C=C\C(=O)N=C1C[C@H](C)[C@H](C/C=C(C)/C=C/[C@@H]2C[C@]3(CO3)C[C@@H](CC(=O)NC3CC(N)C3)O2)O[C@@H]1C. The Kier molecular flexibility index (Phi) is 10.9. The maximum atomic E-state index is 12.5. The molecule has 4 rings (SSSR count). The second-order valence-corrected chi connectivity index (χ2v) is 12.5. The summed E-state index contributed by atoms with van der Waals surface area (Å²) < 4.78 is 23.3. The number of hydrogen-bond donors (Lipinski definition) is 2. The molecule has 2 amide bonds. The summed E-state index contributed by atoms with van der Waals surface area (Å²) in [5, 5.41) is 3.07. The first kappa shape index (κ1) is 32.3. The van der Waals surface area contributed by atoms with E-state index in [0.29, 0.717) is 12.8 Å². The van der Waals surface area contributed by atoms with Crippen molar-refractivity contribution in [1.29, 1.82) is 0 Å². The summed E-state index contributed by atoms with van der Waals surface area (Å²) in [5.74, 6) is -0.572. The van der Waals surface area contributed by atoms with Crippen LogP contribution in [0.3, 0.4) is 0 Å². The molecule has 3 aliphatic heterocycles. The summed E-state index contributed by atoms with van der Waals surface area (Å²) in [6, 6.07) is 0.393. The molecule has 0 bridgehead atoms. The molecule has 3 saturated heterocycles. The third-order valence-corrected chi connectivity index (χ3v) is 8.42. The van der Waals surface area contributed by atoms with Crippen molar-refractivity contribution in [3.63, 3.8) is 0 Å². The summed E-state index contributed by atoms with van der Waals surface area (Å²) in [5.41, 5.74) is 7.50. The number of nitrogens with two attached hydrogens (primary N) is 1. The van der Waals surface area contributed by atoms with Crippen LogP contribution in [0.5, 0.6) is 0 Å². The van der Waals surface area contributed by atoms with Gasteiger partial charge in [0.2, 0.25) is 5.91 Å². The van der Waals surface area contributed by atoms with Crippen molar-refractivity contribution in [3.8, 4) is 0 Å². The van der Waals surface area contributed by atoms with E-state index in [1.165, 1.54) is 19.1 Å². The number of epoxide rings is 1. The number of amides is 2. The number of hydrogen-bond acceptors (Lipinski definition) is 8. The first-order valence-corrected chi connectivity index (χ1v) is 15.2. The van der Waals surface area contributed by atoms with Crippen LogP contribution in [0.25, 0.3) is 0 Å². The second kappa shape index (κ2) is 14.2. The number of rotatable bonds is 10. The van der Waals surface area contributed by atoms with Crippen LogP contribution < -0.4 is 11.1 Å². The predicted octanol–water partition coefficient (Wildman–Crippen LogP) is 3.48. The largest absolute Gasteiger partial charge is 0.459 e. The third kappa shape index (κ3) is 9.69. The highest BCUT2D eigenvalue weighted by atomic mass is 16.6. The lowest BCUT2D eigenvalue weighted by Gasteiger charge is -2.35. The minimum Gasteiger partial charge on any atom is -0.459 e. The molecule has 232 valence electrons. The highest BCUT2D eigenvalue weighted by molar-refractivity contribution is 6.02. The standard InChI is InChI=1S/C32H47N3O7/c1-19(6-9-26-16-32(18-39-32)17-27(42-26)15-31(38)34-25-13-24(33)14-25)7-10-29-20(2)12-28(22(4)41-29)35-30(37)11-8-21(3)40-23(5)36/h6-9,11,20-22,24-27,29H,10,12-18,33H2,1-5H3,(H,34,38)/b9-6+,11-8-,19-7+,35-28?/t20-,21-,22+,24?,25?,26+,27+,29-,32+/m0/s1. The molecule has 3 heterocycles. The number of nitrogens with zero attached hydrogens (tertiary/aromatic N) is 1. The van der Waals surface area contributed by atoms with Crippen molar-refractivity contribution < 1.29 is 33.3 Å². The Balaban J connectivity index is 1.24. The first-order valence-electron chi connectivity index (χ1n) is 15.2. The van der Waals surface area contributed by atoms with Gasteiger partial charge in [-0.15, -0.1) is 0 Å². The normalized spacial score (nSPS) is 36.7. The van der Waals surface area contributed by atoms with Crippen LogP contribution in [-0.4, -0.2) is 78.3 Å². The van der Waals surface area contributed by atoms with Gasteiger partial charge in [-0.25, -0.2) is 4.99 Å². The van der Waals surface area contributed by atoms with Crippen LogP contribution in [0.1, 0.15) is 79.6 Å². The zero-order valence-corrected chi connectivity index (χ0v) is 25.5. The Hall–Kier alpha value is -2.66.